The van der Waals surface area contributed by atoms with Crippen molar-refractivity contribution in [2.24, 2.45) is 5.73 Å². The fourth-order valence-corrected chi connectivity index (χ4v) is 4.05. The minimum atomic E-state index is -4.46. The molecule has 0 unspecified atom stereocenters. The SMILES string of the molecule is NC(=O)c1cccc2c1c1ccc(C(F)(F)F)cc1n2Cc1ccccc1I. The molecule has 1 heterocycles. The van der Waals surface area contributed by atoms with Crippen LogP contribution in [0.25, 0.3) is 21.8 Å². The lowest BCUT2D eigenvalue weighted by Gasteiger charge is -2.11. The van der Waals surface area contributed by atoms with Gasteiger partial charge in [-0.3, -0.25) is 4.79 Å². The molecule has 0 aliphatic heterocycles. The van der Waals surface area contributed by atoms with Gasteiger partial charge in [0.25, 0.3) is 0 Å². The van der Waals surface area contributed by atoms with Crippen molar-refractivity contribution < 1.29 is 18.0 Å². The molecule has 0 fully saturated rings. The molecule has 0 radical (unpaired) electrons. The maximum Gasteiger partial charge on any atom is 0.416 e. The van der Waals surface area contributed by atoms with E-state index in [2.05, 4.69) is 22.6 Å². The summed E-state index contributed by atoms with van der Waals surface area (Å²) >= 11 is 2.20. The number of primary amides is 1. The van der Waals surface area contributed by atoms with Crippen LogP contribution in [0.2, 0.25) is 0 Å². The number of carbonyl (C=O) groups excluding carboxylic acids is 1. The molecule has 0 aliphatic carbocycles. The molecule has 0 atom stereocenters. The van der Waals surface area contributed by atoms with Crippen molar-refractivity contribution in [3.8, 4) is 0 Å². The molecule has 4 aromatic rings. The van der Waals surface area contributed by atoms with Crippen molar-refractivity contribution in [1.29, 1.82) is 0 Å². The van der Waals surface area contributed by atoms with Gasteiger partial charge in [0.1, 0.15) is 0 Å². The zero-order chi connectivity index (χ0) is 20.1. The van der Waals surface area contributed by atoms with E-state index >= 15 is 0 Å². The second-order valence-electron chi connectivity index (χ2n) is 6.47. The highest BCUT2D eigenvalue weighted by Crippen LogP contribution is 2.37. The second-order valence-corrected chi connectivity index (χ2v) is 7.63. The van der Waals surface area contributed by atoms with Crippen molar-refractivity contribution in [3.05, 3.63) is 80.9 Å². The zero-order valence-corrected chi connectivity index (χ0v) is 16.6. The molecule has 0 bridgehead atoms. The van der Waals surface area contributed by atoms with Crippen LogP contribution >= 0.6 is 22.6 Å². The number of rotatable bonds is 3. The summed E-state index contributed by atoms with van der Waals surface area (Å²) in [4.78, 5) is 11.9. The Morgan fingerprint density at radius 2 is 1.75 bits per heavy atom. The number of halogens is 4. The molecule has 1 amide bonds. The van der Waals surface area contributed by atoms with Gasteiger partial charge in [-0.15, -0.1) is 0 Å². The first kappa shape index (κ1) is 18.8. The Hall–Kier alpha value is -2.55. The van der Waals surface area contributed by atoms with Gasteiger partial charge in [0, 0.05) is 26.5 Å². The minimum Gasteiger partial charge on any atom is -0.366 e. The van der Waals surface area contributed by atoms with Gasteiger partial charge >= 0.3 is 6.18 Å². The van der Waals surface area contributed by atoms with Crippen molar-refractivity contribution in [2.45, 2.75) is 12.7 Å². The largest absolute Gasteiger partial charge is 0.416 e. The number of nitrogens with two attached hydrogens (primary N) is 1. The fourth-order valence-electron chi connectivity index (χ4n) is 3.49. The highest BCUT2D eigenvalue weighted by molar-refractivity contribution is 14.1. The highest BCUT2D eigenvalue weighted by Gasteiger charge is 2.31. The molecule has 3 aromatic carbocycles. The summed E-state index contributed by atoms with van der Waals surface area (Å²) in [6.45, 7) is 0.378. The number of benzene rings is 3. The summed E-state index contributed by atoms with van der Waals surface area (Å²) < 4.78 is 42.8. The summed E-state index contributed by atoms with van der Waals surface area (Å²) in [5.74, 6) is -0.612. The van der Waals surface area contributed by atoms with Crippen LogP contribution in [-0.4, -0.2) is 10.5 Å². The van der Waals surface area contributed by atoms with Crippen LogP contribution in [0.3, 0.4) is 0 Å². The molecule has 1 aromatic heterocycles. The average Bonchev–Trinajstić information content (AvgIpc) is 2.96. The molecule has 28 heavy (non-hydrogen) atoms. The van der Waals surface area contributed by atoms with E-state index < -0.39 is 17.6 Å². The van der Waals surface area contributed by atoms with Gasteiger partial charge in [-0.2, -0.15) is 13.2 Å². The van der Waals surface area contributed by atoms with Crippen LogP contribution in [0.5, 0.6) is 0 Å². The Kier molecular flexibility index (Phi) is 4.57. The lowest BCUT2D eigenvalue weighted by Crippen LogP contribution is -2.11. The standard InChI is InChI=1S/C21H14F3IN2O/c22-21(23,24)13-8-9-14-18(10-13)27(11-12-4-1-2-6-16(12)25)17-7-3-5-15(19(14)17)20(26)28/h1-10H,11H2,(H2,26,28). The third-order valence-corrected chi connectivity index (χ3v) is 5.82. The third kappa shape index (κ3) is 3.13. The van der Waals surface area contributed by atoms with Gasteiger partial charge in [0.05, 0.1) is 16.6 Å². The smallest absolute Gasteiger partial charge is 0.366 e. The number of fused-ring (bicyclic) bond motifs is 3. The first-order valence-corrected chi connectivity index (χ1v) is 9.50. The molecular weight excluding hydrogens is 480 g/mol. The molecular formula is C21H14F3IN2O. The highest BCUT2D eigenvalue weighted by atomic mass is 127. The van der Waals surface area contributed by atoms with Crippen molar-refractivity contribution in [3.63, 3.8) is 0 Å². The predicted molar refractivity (Wildman–Crippen MR) is 111 cm³/mol. The molecule has 3 nitrogen and oxygen atoms in total. The van der Waals surface area contributed by atoms with Gasteiger partial charge in [-0.25, -0.2) is 0 Å². The number of nitrogens with zero attached hydrogens (tertiary/aromatic N) is 1. The van der Waals surface area contributed by atoms with E-state index in [0.29, 0.717) is 33.9 Å². The minimum absolute atomic E-state index is 0.295. The fraction of sp³-hybridized carbons (Fsp3) is 0.0952. The van der Waals surface area contributed by atoms with Crippen molar-refractivity contribution in [2.75, 3.05) is 0 Å². The Bertz CT molecular complexity index is 1230. The van der Waals surface area contributed by atoms with Gasteiger partial charge in [-0.1, -0.05) is 30.3 Å². The molecule has 0 aliphatic rings. The first-order valence-electron chi connectivity index (χ1n) is 8.43. The van der Waals surface area contributed by atoms with E-state index in [-0.39, 0.29) is 0 Å². The molecule has 4 rings (SSSR count). The van der Waals surface area contributed by atoms with Gasteiger partial charge in [-0.05, 0) is 58.5 Å². The lowest BCUT2D eigenvalue weighted by molar-refractivity contribution is -0.137. The van der Waals surface area contributed by atoms with Crippen LogP contribution in [0.4, 0.5) is 13.2 Å². The molecule has 0 saturated carbocycles. The van der Waals surface area contributed by atoms with E-state index in [4.69, 9.17) is 5.73 Å². The monoisotopic (exact) mass is 494 g/mol. The van der Waals surface area contributed by atoms with E-state index in [1.807, 2.05) is 28.8 Å². The number of hydrogen-bond donors (Lipinski definition) is 1. The van der Waals surface area contributed by atoms with Crippen molar-refractivity contribution >= 4 is 50.3 Å². The lowest BCUT2D eigenvalue weighted by atomic mass is 10.0. The van der Waals surface area contributed by atoms with E-state index in [0.717, 1.165) is 21.3 Å². The van der Waals surface area contributed by atoms with Crippen LogP contribution in [-0.2, 0) is 12.7 Å². The molecule has 7 heteroatoms. The van der Waals surface area contributed by atoms with Crippen LogP contribution < -0.4 is 5.73 Å². The summed E-state index contributed by atoms with van der Waals surface area (Å²) in [6, 6.07) is 16.4. The quantitative estimate of drug-likeness (QED) is 0.373. The molecule has 0 saturated heterocycles. The number of hydrogen-bond acceptors (Lipinski definition) is 1. The Morgan fingerprint density at radius 3 is 2.43 bits per heavy atom. The van der Waals surface area contributed by atoms with Gasteiger partial charge in [0.15, 0.2) is 0 Å². The van der Waals surface area contributed by atoms with Crippen LogP contribution in [0.1, 0.15) is 21.5 Å². The van der Waals surface area contributed by atoms with Gasteiger partial charge in [0.2, 0.25) is 5.91 Å². The molecule has 0 spiro atoms. The van der Waals surface area contributed by atoms with Crippen LogP contribution in [0, 0.1) is 3.57 Å². The number of aromatic nitrogens is 1. The molecule has 2 N–H and O–H groups in total. The predicted octanol–water partition coefficient (Wildman–Crippen LogP) is 5.57. The summed E-state index contributed by atoms with van der Waals surface area (Å²) in [6.07, 6.45) is -4.46. The topological polar surface area (TPSA) is 48.0 Å². The Balaban J connectivity index is 2.08. The maximum atomic E-state index is 13.3. The first-order chi connectivity index (χ1) is 13.3. The Morgan fingerprint density at radius 1 is 1.00 bits per heavy atom. The summed E-state index contributed by atoms with van der Waals surface area (Å²) in [7, 11) is 0. The summed E-state index contributed by atoms with van der Waals surface area (Å²) in [5.41, 5.74) is 7.15. The Labute approximate surface area is 172 Å². The van der Waals surface area contributed by atoms with E-state index in [9.17, 15) is 18.0 Å². The van der Waals surface area contributed by atoms with E-state index in [1.165, 1.54) is 6.07 Å². The molecule has 142 valence electrons. The van der Waals surface area contributed by atoms with Crippen molar-refractivity contribution in [1.82, 2.24) is 4.57 Å². The second kappa shape index (κ2) is 6.80. The van der Waals surface area contributed by atoms with Crippen LogP contribution in [0.15, 0.2) is 60.7 Å². The van der Waals surface area contributed by atoms with E-state index in [1.54, 1.807) is 18.2 Å². The maximum absolute atomic E-state index is 13.3. The number of alkyl halides is 3. The summed E-state index contributed by atoms with van der Waals surface area (Å²) in [5, 5.41) is 1.15. The third-order valence-electron chi connectivity index (χ3n) is 4.77. The normalized spacial score (nSPS) is 12.0. The average molecular weight is 494 g/mol. The number of amides is 1. The van der Waals surface area contributed by atoms with Gasteiger partial charge < -0.3 is 10.3 Å². The number of carbonyl (C=O) groups is 1. The zero-order valence-electron chi connectivity index (χ0n) is 14.4.